The minimum Gasteiger partial charge on any atom is -0.405 e. The standard InChI is InChI=1S/C18H26F3N3O3/c1-22-17(24-8-7-14(12-24)13-26-10-9-25-2)23-11-15-5-3-4-6-16(15)27-18(19,20)21/h3-6,14H,7-13H2,1-2H3,(H,22,23). The number of benzene rings is 1. The highest BCUT2D eigenvalue weighted by Crippen LogP contribution is 2.26. The first kappa shape index (κ1) is 21.3. The molecule has 152 valence electrons. The molecule has 1 aliphatic heterocycles. The number of nitrogens with zero attached hydrogens (tertiary/aromatic N) is 2. The highest BCUT2D eigenvalue weighted by Gasteiger charge is 2.32. The van der Waals surface area contributed by atoms with Gasteiger partial charge in [0.2, 0.25) is 0 Å². The summed E-state index contributed by atoms with van der Waals surface area (Å²) in [6.07, 6.45) is -3.75. The number of guanidine groups is 1. The molecule has 1 unspecified atom stereocenters. The Morgan fingerprint density at radius 1 is 1.30 bits per heavy atom. The third-order valence-corrected chi connectivity index (χ3v) is 4.22. The molecule has 0 bridgehead atoms. The van der Waals surface area contributed by atoms with Crippen molar-refractivity contribution in [1.29, 1.82) is 0 Å². The fourth-order valence-electron chi connectivity index (χ4n) is 2.93. The summed E-state index contributed by atoms with van der Waals surface area (Å²) in [6, 6.07) is 6.08. The van der Waals surface area contributed by atoms with E-state index in [4.69, 9.17) is 9.47 Å². The van der Waals surface area contributed by atoms with Crippen molar-refractivity contribution in [3.8, 4) is 5.75 Å². The summed E-state index contributed by atoms with van der Waals surface area (Å²) in [5, 5.41) is 3.12. The van der Waals surface area contributed by atoms with Gasteiger partial charge in [0.25, 0.3) is 0 Å². The van der Waals surface area contributed by atoms with Crippen LogP contribution < -0.4 is 10.1 Å². The van der Waals surface area contributed by atoms with Gasteiger partial charge < -0.3 is 24.4 Å². The zero-order valence-corrected chi connectivity index (χ0v) is 15.6. The average molecular weight is 389 g/mol. The van der Waals surface area contributed by atoms with Crippen LogP contribution in [0.15, 0.2) is 29.3 Å². The van der Waals surface area contributed by atoms with Crippen LogP contribution in [0.5, 0.6) is 5.75 Å². The van der Waals surface area contributed by atoms with Crippen molar-refractivity contribution in [1.82, 2.24) is 10.2 Å². The molecular formula is C18H26F3N3O3. The second-order valence-electron chi connectivity index (χ2n) is 6.22. The molecule has 0 saturated carbocycles. The molecular weight excluding hydrogens is 363 g/mol. The molecule has 1 N–H and O–H groups in total. The Hall–Kier alpha value is -2.00. The van der Waals surface area contributed by atoms with Crippen molar-refractivity contribution in [2.75, 3.05) is 47.1 Å². The zero-order chi connectivity index (χ0) is 19.7. The van der Waals surface area contributed by atoms with E-state index < -0.39 is 6.36 Å². The molecule has 2 rings (SSSR count). The maximum absolute atomic E-state index is 12.5. The van der Waals surface area contributed by atoms with Gasteiger partial charge in [-0.3, -0.25) is 4.99 Å². The lowest BCUT2D eigenvalue weighted by Gasteiger charge is -2.22. The van der Waals surface area contributed by atoms with E-state index in [1.807, 2.05) is 0 Å². The lowest BCUT2D eigenvalue weighted by molar-refractivity contribution is -0.274. The summed E-state index contributed by atoms with van der Waals surface area (Å²) in [5.74, 6) is 0.830. The van der Waals surface area contributed by atoms with E-state index in [0.717, 1.165) is 19.5 Å². The maximum atomic E-state index is 12.5. The smallest absolute Gasteiger partial charge is 0.405 e. The van der Waals surface area contributed by atoms with E-state index in [0.29, 0.717) is 37.3 Å². The fraction of sp³-hybridized carbons (Fsp3) is 0.611. The van der Waals surface area contributed by atoms with Crippen LogP contribution in [-0.2, 0) is 16.0 Å². The van der Waals surface area contributed by atoms with E-state index in [1.165, 1.54) is 12.1 Å². The molecule has 27 heavy (non-hydrogen) atoms. The predicted molar refractivity (Wildman–Crippen MR) is 95.7 cm³/mol. The highest BCUT2D eigenvalue weighted by molar-refractivity contribution is 5.80. The van der Waals surface area contributed by atoms with Crippen molar-refractivity contribution in [2.24, 2.45) is 10.9 Å². The Bertz CT molecular complexity index is 611. The molecule has 0 amide bonds. The number of rotatable bonds is 8. The topological polar surface area (TPSA) is 55.3 Å². The third-order valence-electron chi connectivity index (χ3n) is 4.22. The Kier molecular flexibility index (Phi) is 8.18. The van der Waals surface area contributed by atoms with Gasteiger partial charge in [0, 0.05) is 45.3 Å². The van der Waals surface area contributed by atoms with Crippen molar-refractivity contribution in [2.45, 2.75) is 19.3 Å². The van der Waals surface area contributed by atoms with E-state index in [-0.39, 0.29) is 12.3 Å². The largest absolute Gasteiger partial charge is 0.573 e. The Morgan fingerprint density at radius 2 is 2.07 bits per heavy atom. The number of hydrogen-bond acceptors (Lipinski definition) is 4. The van der Waals surface area contributed by atoms with Gasteiger partial charge in [-0.15, -0.1) is 13.2 Å². The molecule has 9 heteroatoms. The number of aliphatic imine (C=N–C) groups is 1. The number of alkyl halides is 3. The SMILES string of the molecule is CN=C(NCc1ccccc1OC(F)(F)F)N1CCC(COCCOC)C1. The molecule has 0 spiro atoms. The second-order valence-corrected chi connectivity index (χ2v) is 6.22. The molecule has 1 heterocycles. The molecule has 1 saturated heterocycles. The van der Waals surface area contributed by atoms with Crippen LogP contribution in [0.1, 0.15) is 12.0 Å². The summed E-state index contributed by atoms with van der Waals surface area (Å²) in [7, 11) is 3.29. The van der Waals surface area contributed by atoms with E-state index in [2.05, 4.69) is 19.9 Å². The Balaban J connectivity index is 1.86. The number of hydrogen-bond donors (Lipinski definition) is 1. The fourth-order valence-corrected chi connectivity index (χ4v) is 2.93. The van der Waals surface area contributed by atoms with Gasteiger partial charge >= 0.3 is 6.36 Å². The summed E-state index contributed by atoms with van der Waals surface area (Å²) < 4.78 is 52.2. The first-order chi connectivity index (χ1) is 12.9. The van der Waals surface area contributed by atoms with Gasteiger partial charge in [-0.25, -0.2) is 0 Å². The number of likely N-dealkylation sites (tertiary alicyclic amines) is 1. The lowest BCUT2D eigenvalue weighted by Crippen LogP contribution is -2.40. The molecule has 1 aromatic carbocycles. The number of methoxy groups -OCH3 is 1. The molecule has 0 aliphatic carbocycles. The van der Waals surface area contributed by atoms with E-state index >= 15 is 0 Å². The number of ether oxygens (including phenoxy) is 3. The summed E-state index contributed by atoms with van der Waals surface area (Å²) >= 11 is 0. The molecule has 6 nitrogen and oxygen atoms in total. The van der Waals surface area contributed by atoms with Crippen LogP contribution in [0, 0.1) is 5.92 Å². The first-order valence-corrected chi connectivity index (χ1v) is 8.79. The summed E-state index contributed by atoms with van der Waals surface area (Å²) in [5.41, 5.74) is 0.412. The van der Waals surface area contributed by atoms with Gasteiger partial charge in [-0.2, -0.15) is 0 Å². The van der Waals surface area contributed by atoms with Gasteiger partial charge in [0.05, 0.1) is 19.8 Å². The summed E-state index contributed by atoms with van der Waals surface area (Å²) in [6.45, 7) is 3.57. The first-order valence-electron chi connectivity index (χ1n) is 8.79. The monoisotopic (exact) mass is 389 g/mol. The second kappa shape index (κ2) is 10.4. The van der Waals surface area contributed by atoms with E-state index in [1.54, 1.807) is 26.3 Å². The maximum Gasteiger partial charge on any atom is 0.573 e. The van der Waals surface area contributed by atoms with Crippen molar-refractivity contribution >= 4 is 5.96 Å². The van der Waals surface area contributed by atoms with E-state index in [9.17, 15) is 13.2 Å². The van der Waals surface area contributed by atoms with Crippen molar-refractivity contribution < 1.29 is 27.4 Å². The van der Waals surface area contributed by atoms with Gasteiger partial charge in [0.1, 0.15) is 5.75 Å². The van der Waals surface area contributed by atoms with Crippen LogP contribution >= 0.6 is 0 Å². The molecule has 1 aliphatic rings. The van der Waals surface area contributed by atoms with Crippen LogP contribution in [0.25, 0.3) is 0 Å². The normalized spacial score (nSPS) is 18.0. The van der Waals surface area contributed by atoms with Gasteiger partial charge in [-0.05, 0) is 12.5 Å². The Morgan fingerprint density at radius 3 is 2.78 bits per heavy atom. The minimum atomic E-state index is -4.72. The zero-order valence-electron chi connectivity index (χ0n) is 15.6. The van der Waals surface area contributed by atoms with Gasteiger partial charge in [0.15, 0.2) is 5.96 Å². The highest BCUT2D eigenvalue weighted by atomic mass is 19.4. The third kappa shape index (κ3) is 7.26. The van der Waals surface area contributed by atoms with Crippen LogP contribution in [0.4, 0.5) is 13.2 Å². The minimum absolute atomic E-state index is 0.185. The molecule has 1 aromatic rings. The predicted octanol–water partition coefficient (Wildman–Crippen LogP) is 2.65. The number of halogens is 3. The quantitative estimate of drug-likeness (QED) is 0.421. The number of nitrogens with one attached hydrogen (secondary N) is 1. The lowest BCUT2D eigenvalue weighted by atomic mass is 10.1. The van der Waals surface area contributed by atoms with Crippen LogP contribution in [-0.4, -0.2) is 64.3 Å². The molecule has 0 aromatic heterocycles. The van der Waals surface area contributed by atoms with Crippen molar-refractivity contribution in [3.05, 3.63) is 29.8 Å². The molecule has 1 atom stereocenters. The van der Waals surface area contributed by atoms with Crippen LogP contribution in [0.2, 0.25) is 0 Å². The van der Waals surface area contributed by atoms with Crippen molar-refractivity contribution in [3.63, 3.8) is 0 Å². The van der Waals surface area contributed by atoms with Crippen LogP contribution in [0.3, 0.4) is 0 Å². The summed E-state index contributed by atoms with van der Waals surface area (Å²) in [4.78, 5) is 6.32. The molecule has 0 radical (unpaired) electrons. The molecule has 1 fully saturated rings. The number of para-hydroxylation sites is 1. The Labute approximate surface area is 157 Å². The average Bonchev–Trinajstić information content (AvgIpc) is 3.08. The van der Waals surface area contributed by atoms with Gasteiger partial charge in [-0.1, -0.05) is 18.2 Å².